The van der Waals surface area contributed by atoms with Gasteiger partial charge in [-0.1, -0.05) is 12.1 Å². The largest absolute Gasteiger partial charge is 0.476 e. The van der Waals surface area contributed by atoms with Crippen molar-refractivity contribution < 1.29 is 14.6 Å². The summed E-state index contributed by atoms with van der Waals surface area (Å²) in [6, 6.07) is 9.22. The van der Waals surface area contributed by atoms with Gasteiger partial charge in [-0.25, -0.2) is 9.48 Å². The van der Waals surface area contributed by atoms with Gasteiger partial charge in [0.05, 0.1) is 18.0 Å². The normalized spacial score (nSPS) is 10.6. The van der Waals surface area contributed by atoms with Crippen LogP contribution in [0.15, 0.2) is 30.3 Å². The molecule has 0 spiro atoms. The van der Waals surface area contributed by atoms with E-state index in [2.05, 4.69) is 5.10 Å². The van der Waals surface area contributed by atoms with Crippen molar-refractivity contribution >= 4 is 5.97 Å². The Morgan fingerprint density at radius 1 is 1.44 bits per heavy atom. The van der Waals surface area contributed by atoms with Gasteiger partial charge in [0.1, 0.15) is 0 Å². The molecule has 0 saturated carbocycles. The fourth-order valence-corrected chi connectivity index (χ4v) is 1.76. The molecule has 0 saturated heterocycles. The lowest BCUT2D eigenvalue weighted by Gasteiger charge is -2.07. The minimum Gasteiger partial charge on any atom is -0.476 e. The number of ether oxygens (including phenoxy) is 1. The fraction of sp³-hybridized carbons (Fsp3) is 0.231. The Morgan fingerprint density at radius 2 is 2.22 bits per heavy atom. The Bertz CT molecular complexity index is 575. The highest BCUT2D eigenvalue weighted by molar-refractivity contribution is 5.85. The number of hydrogen-bond donors (Lipinski definition) is 1. The van der Waals surface area contributed by atoms with Crippen LogP contribution in [0.2, 0.25) is 0 Å². The van der Waals surface area contributed by atoms with E-state index in [1.165, 1.54) is 6.07 Å². The number of carboxylic acids is 1. The molecule has 1 N–H and O–H groups in total. The summed E-state index contributed by atoms with van der Waals surface area (Å²) >= 11 is 0. The molecule has 5 nitrogen and oxygen atoms in total. The van der Waals surface area contributed by atoms with E-state index < -0.39 is 5.97 Å². The average molecular weight is 246 g/mol. The molecule has 0 fully saturated rings. The predicted octanol–water partition coefficient (Wildman–Crippen LogP) is 2.03. The third-order valence-electron chi connectivity index (χ3n) is 2.54. The number of hydrogen-bond acceptors (Lipinski definition) is 3. The fourth-order valence-electron chi connectivity index (χ4n) is 1.76. The molecule has 0 aliphatic carbocycles. The van der Waals surface area contributed by atoms with Crippen LogP contribution in [0.25, 0.3) is 5.69 Å². The van der Waals surface area contributed by atoms with Gasteiger partial charge in [0.25, 0.3) is 0 Å². The highest BCUT2D eigenvalue weighted by atomic mass is 16.5. The van der Waals surface area contributed by atoms with Gasteiger partial charge < -0.3 is 9.84 Å². The van der Waals surface area contributed by atoms with Crippen molar-refractivity contribution in [2.24, 2.45) is 0 Å². The molecule has 1 aromatic heterocycles. The minimum absolute atomic E-state index is 0.0172. The molecule has 0 aliphatic heterocycles. The number of aryl methyl sites for hydroxylation is 1. The van der Waals surface area contributed by atoms with Crippen molar-refractivity contribution in [1.82, 2.24) is 9.78 Å². The number of aromatic carboxylic acids is 1. The Labute approximate surface area is 105 Å². The SMILES string of the molecule is COCc1cc(C(=O)O)nn1-c1cccc(C)c1. The lowest BCUT2D eigenvalue weighted by Crippen LogP contribution is -2.04. The van der Waals surface area contributed by atoms with Gasteiger partial charge in [-0.15, -0.1) is 0 Å². The third-order valence-corrected chi connectivity index (χ3v) is 2.54. The Hall–Kier alpha value is -2.14. The molecule has 1 aromatic carbocycles. The molecule has 0 amide bonds. The average Bonchev–Trinajstić information content (AvgIpc) is 2.74. The number of methoxy groups -OCH3 is 1. The van der Waals surface area contributed by atoms with Crippen LogP contribution in [-0.4, -0.2) is 28.0 Å². The van der Waals surface area contributed by atoms with Crippen molar-refractivity contribution in [3.05, 3.63) is 47.3 Å². The van der Waals surface area contributed by atoms with E-state index in [9.17, 15) is 4.79 Å². The molecule has 18 heavy (non-hydrogen) atoms. The summed E-state index contributed by atoms with van der Waals surface area (Å²) in [5, 5.41) is 13.1. The number of carbonyl (C=O) groups is 1. The van der Waals surface area contributed by atoms with E-state index in [-0.39, 0.29) is 5.69 Å². The Balaban J connectivity index is 2.51. The van der Waals surface area contributed by atoms with Crippen LogP contribution < -0.4 is 0 Å². The number of rotatable bonds is 4. The zero-order valence-electron chi connectivity index (χ0n) is 10.3. The maximum atomic E-state index is 11.0. The molecule has 0 bridgehead atoms. The topological polar surface area (TPSA) is 64.3 Å². The molecule has 0 atom stereocenters. The Kier molecular flexibility index (Phi) is 3.43. The maximum absolute atomic E-state index is 11.0. The molecule has 2 rings (SSSR count). The molecule has 0 unspecified atom stereocenters. The second-order valence-corrected chi connectivity index (χ2v) is 4.01. The summed E-state index contributed by atoms with van der Waals surface area (Å²) in [6.07, 6.45) is 0. The first kappa shape index (κ1) is 12.3. The third kappa shape index (κ3) is 2.41. The molecule has 94 valence electrons. The van der Waals surface area contributed by atoms with Gasteiger partial charge >= 0.3 is 5.97 Å². The highest BCUT2D eigenvalue weighted by Gasteiger charge is 2.14. The summed E-state index contributed by atoms with van der Waals surface area (Å²) in [4.78, 5) is 11.0. The smallest absolute Gasteiger partial charge is 0.356 e. The van der Waals surface area contributed by atoms with Crippen LogP contribution in [0, 0.1) is 6.92 Å². The summed E-state index contributed by atoms with van der Waals surface area (Å²) in [5.74, 6) is -1.04. The van der Waals surface area contributed by atoms with Crippen LogP contribution in [0.5, 0.6) is 0 Å². The summed E-state index contributed by atoms with van der Waals surface area (Å²) < 4.78 is 6.66. The van der Waals surface area contributed by atoms with E-state index in [1.54, 1.807) is 11.8 Å². The Morgan fingerprint density at radius 3 is 2.83 bits per heavy atom. The van der Waals surface area contributed by atoms with Crippen molar-refractivity contribution in [2.75, 3.05) is 7.11 Å². The van der Waals surface area contributed by atoms with Crippen molar-refractivity contribution in [3.63, 3.8) is 0 Å². The standard InChI is InChI=1S/C13H14N2O3/c1-9-4-3-5-10(6-9)15-11(8-18-2)7-12(14-15)13(16)17/h3-7H,8H2,1-2H3,(H,16,17). The monoisotopic (exact) mass is 246 g/mol. The number of nitrogens with zero attached hydrogens (tertiary/aromatic N) is 2. The lowest BCUT2D eigenvalue weighted by molar-refractivity contribution is 0.0690. The quantitative estimate of drug-likeness (QED) is 0.896. The minimum atomic E-state index is -1.04. The van der Waals surface area contributed by atoms with E-state index in [0.717, 1.165) is 11.3 Å². The first-order valence-corrected chi connectivity index (χ1v) is 5.50. The van der Waals surface area contributed by atoms with Crippen LogP contribution in [0.3, 0.4) is 0 Å². The number of carboxylic acid groups (broad SMARTS) is 1. The van der Waals surface area contributed by atoms with Crippen molar-refractivity contribution in [1.29, 1.82) is 0 Å². The summed E-state index contributed by atoms with van der Waals surface area (Å²) in [7, 11) is 1.56. The van der Waals surface area contributed by atoms with Gasteiger partial charge in [0.2, 0.25) is 0 Å². The second-order valence-electron chi connectivity index (χ2n) is 4.01. The van der Waals surface area contributed by atoms with Gasteiger partial charge in [-0.05, 0) is 30.7 Å². The van der Waals surface area contributed by atoms with E-state index in [4.69, 9.17) is 9.84 Å². The molecule has 1 heterocycles. The molecule has 2 aromatic rings. The van der Waals surface area contributed by atoms with Crippen LogP contribution >= 0.6 is 0 Å². The molecule has 5 heteroatoms. The van der Waals surface area contributed by atoms with Gasteiger partial charge in [-0.3, -0.25) is 0 Å². The number of aromatic nitrogens is 2. The van der Waals surface area contributed by atoms with Gasteiger partial charge in [0, 0.05) is 7.11 Å². The first-order chi connectivity index (χ1) is 8.61. The first-order valence-electron chi connectivity index (χ1n) is 5.50. The molecular weight excluding hydrogens is 232 g/mol. The molecule has 0 radical (unpaired) electrons. The van der Waals surface area contributed by atoms with Gasteiger partial charge in [-0.2, -0.15) is 5.10 Å². The van der Waals surface area contributed by atoms with Crippen LogP contribution in [-0.2, 0) is 11.3 Å². The van der Waals surface area contributed by atoms with Crippen molar-refractivity contribution in [2.45, 2.75) is 13.5 Å². The summed E-state index contributed by atoms with van der Waals surface area (Å²) in [6.45, 7) is 2.29. The number of benzene rings is 1. The maximum Gasteiger partial charge on any atom is 0.356 e. The zero-order chi connectivity index (χ0) is 13.1. The van der Waals surface area contributed by atoms with E-state index in [1.807, 2.05) is 31.2 Å². The molecular formula is C13H14N2O3. The second kappa shape index (κ2) is 5.01. The summed E-state index contributed by atoms with van der Waals surface area (Å²) in [5.41, 5.74) is 2.64. The van der Waals surface area contributed by atoms with E-state index >= 15 is 0 Å². The zero-order valence-corrected chi connectivity index (χ0v) is 10.3. The van der Waals surface area contributed by atoms with Crippen LogP contribution in [0.4, 0.5) is 0 Å². The van der Waals surface area contributed by atoms with Crippen molar-refractivity contribution in [3.8, 4) is 5.69 Å². The predicted molar refractivity (Wildman–Crippen MR) is 66.0 cm³/mol. The highest BCUT2D eigenvalue weighted by Crippen LogP contribution is 2.15. The van der Waals surface area contributed by atoms with E-state index in [0.29, 0.717) is 12.3 Å². The van der Waals surface area contributed by atoms with Crippen LogP contribution in [0.1, 0.15) is 21.7 Å². The molecule has 0 aliphatic rings. The lowest BCUT2D eigenvalue weighted by atomic mass is 10.2. The van der Waals surface area contributed by atoms with Gasteiger partial charge in [0.15, 0.2) is 5.69 Å².